The molecule has 0 spiro atoms. The van der Waals surface area contributed by atoms with E-state index in [1.54, 1.807) is 12.1 Å². The van der Waals surface area contributed by atoms with Gasteiger partial charge in [-0.1, -0.05) is 12.1 Å². The predicted molar refractivity (Wildman–Crippen MR) is 82.3 cm³/mol. The molecule has 0 atom stereocenters. The van der Waals surface area contributed by atoms with Crippen LogP contribution < -0.4 is 9.64 Å². The molecule has 0 aliphatic carbocycles. The van der Waals surface area contributed by atoms with E-state index in [1.807, 2.05) is 6.07 Å². The largest absolute Gasteiger partial charge is 0.488 e. The highest BCUT2D eigenvalue weighted by Crippen LogP contribution is 2.33. The van der Waals surface area contributed by atoms with E-state index in [-0.39, 0.29) is 12.5 Å². The first-order valence-electron chi connectivity index (χ1n) is 7.35. The summed E-state index contributed by atoms with van der Waals surface area (Å²) >= 11 is 0. The molecular weight excluding hydrogens is 300 g/mol. The first-order chi connectivity index (χ1) is 11.1. The minimum atomic E-state index is -0.405. The van der Waals surface area contributed by atoms with Crippen molar-refractivity contribution in [1.29, 1.82) is 0 Å². The maximum absolute atomic E-state index is 14.1. The van der Waals surface area contributed by atoms with Crippen molar-refractivity contribution in [3.8, 4) is 5.75 Å². The number of benzene rings is 2. The number of amides is 1. The summed E-state index contributed by atoms with van der Waals surface area (Å²) in [6, 6.07) is 8.98. The smallest absolute Gasteiger partial charge is 0.257 e. The van der Waals surface area contributed by atoms with Gasteiger partial charge in [0, 0.05) is 12.1 Å². The topological polar surface area (TPSA) is 29.5 Å². The molecule has 2 aromatic carbocycles. The summed E-state index contributed by atoms with van der Waals surface area (Å²) in [6.45, 7) is 0.528. The Morgan fingerprint density at radius 3 is 2.91 bits per heavy atom. The first kappa shape index (κ1) is 13.9. The van der Waals surface area contributed by atoms with Crippen molar-refractivity contribution in [3.05, 3.63) is 64.7 Å². The average molecular weight is 313 g/mol. The Balaban J connectivity index is 1.70. The van der Waals surface area contributed by atoms with E-state index in [2.05, 4.69) is 0 Å². The zero-order chi connectivity index (χ0) is 16.0. The van der Waals surface area contributed by atoms with Gasteiger partial charge in [0.05, 0.1) is 11.3 Å². The fourth-order valence-corrected chi connectivity index (χ4v) is 3.06. The van der Waals surface area contributed by atoms with Crippen molar-refractivity contribution >= 4 is 17.7 Å². The van der Waals surface area contributed by atoms with Crippen molar-refractivity contribution < 1.29 is 18.3 Å². The van der Waals surface area contributed by atoms with Crippen LogP contribution in [0, 0.1) is 11.6 Å². The third kappa shape index (κ3) is 2.29. The number of carbonyl (C=O) groups excluding carboxylic acids is 1. The molecular formula is C18H13F2NO2. The van der Waals surface area contributed by atoms with Crippen LogP contribution in [0.25, 0.3) is 6.08 Å². The number of nitrogens with zero attached hydrogens (tertiary/aromatic N) is 1. The fourth-order valence-electron chi connectivity index (χ4n) is 3.06. The lowest BCUT2D eigenvalue weighted by atomic mass is 10.1. The lowest BCUT2D eigenvalue weighted by Gasteiger charge is -2.23. The van der Waals surface area contributed by atoms with E-state index in [1.165, 1.54) is 29.2 Å². The maximum Gasteiger partial charge on any atom is 0.257 e. The number of rotatable bonds is 1. The van der Waals surface area contributed by atoms with E-state index < -0.39 is 11.6 Å². The number of hydrogen-bond acceptors (Lipinski definition) is 2. The van der Waals surface area contributed by atoms with Gasteiger partial charge in [0.1, 0.15) is 24.0 Å². The molecule has 4 rings (SSSR count). The molecule has 0 bridgehead atoms. The van der Waals surface area contributed by atoms with Crippen LogP contribution in [0.3, 0.4) is 0 Å². The maximum atomic E-state index is 14.1. The summed E-state index contributed by atoms with van der Waals surface area (Å²) in [5.74, 6) is -0.563. The highest BCUT2D eigenvalue weighted by atomic mass is 19.1. The van der Waals surface area contributed by atoms with Crippen LogP contribution in [0.2, 0.25) is 0 Å². The lowest BCUT2D eigenvalue weighted by Crippen LogP contribution is -2.33. The Bertz CT molecular complexity index is 845. The standard InChI is InChI=1S/C18H13F2NO2/c19-14-4-5-16-12(9-14)8-13(10-23-16)18(22)21-7-6-11-2-1-3-15(20)17(11)21/h1-5,8-9H,6-7,10H2. The van der Waals surface area contributed by atoms with Crippen molar-refractivity contribution in [2.75, 3.05) is 18.1 Å². The fraction of sp³-hybridized carbons (Fsp3) is 0.167. The molecule has 0 saturated carbocycles. The van der Waals surface area contributed by atoms with Gasteiger partial charge in [-0.3, -0.25) is 4.79 Å². The molecule has 2 aromatic rings. The van der Waals surface area contributed by atoms with Crippen molar-refractivity contribution in [2.45, 2.75) is 6.42 Å². The number of fused-ring (bicyclic) bond motifs is 2. The van der Waals surface area contributed by atoms with E-state index in [4.69, 9.17) is 4.74 Å². The number of halogens is 2. The summed E-state index contributed by atoms with van der Waals surface area (Å²) in [4.78, 5) is 14.2. The van der Waals surface area contributed by atoms with Gasteiger partial charge in [-0.05, 0) is 42.3 Å². The molecule has 0 saturated heterocycles. The Morgan fingerprint density at radius 1 is 1.17 bits per heavy atom. The molecule has 116 valence electrons. The van der Waals surface area contributed by atoms with Gasteiger partial charge >= 0.3 is 0 Å². The van der Waals surface area contributed by atoms with Crippen LogP contribution in [-0.2, 0) is 11.2 Å². The zero-order valence-electron chi connectivity index (χ0n) is 12.2. The van der Waals surface area contributed by atoms with Gasteiger partial charge in [0.15, 0.2) is 0 Å². The Labute approximate surface area is 131 Å². The molecule has 23 heavy (non-hydrogen) atoms. The predicted octanol–water partition coefficient (Wildman–Crippen LogP) is 3.33. The Morgan fingerprint density at radius 2 is 2.04 bits per heavy atom. The third-order valence-corrected chi connectivity index (χ3v) is 4.15. The molecule has 0 radical (unpaired) electrons. The van der Waals surface area contributed by atoms with Crippen LogP contribution in [0.4, 0.5) is 14.5 Å². The van der Waals surface area contributed by atoms with Gasteiger partial charge in [0.2, 0.25) is 0 Å². The lowest BCUT2D eigenvalue weighted by molar-refractivity contribution is -0.115. The van der Waals surface area contributed by atoms with Gasteiger partial charge in [-0.2, -0.15) is 0 Å². The quantitative estimate of drug-likeness (QED) is 0.808. The van der Waals surface area contributed by atoms with Crippen LogP contribution in [0.5, 0.6) is 5.75 Å². The number of para-hydroxylation sites is 1. The van der Waals surface area contributed by atoms with Crippen LogP contribution in [0.1, 0.15) is 11.1 Å². The van der Waals surface area contributed by atoms with Crippen LogP contribution in [0.15, 0.2) is 42.0 Å². The highest BCUT2D eigenvalue weighted by molar-refractivity contribution is 6.10. The summed E-state index contributed by atoms with van der Waals surface area (Å²) in [6.07, 6.45) is 2.24. The van der Waals surface area contributed by atoms with Gasteiger partial charge in [-0.15, -0.1) is 0 Å². The molecule has 1 amide bonds. The number of anilines is 1. The van der Waals surface area contributed by atoms with E-state index in [0.717, 1.165) is 5.56 Å². The Hall–Kier alpha value is -2.69. The second kappa shape index (κ2) is 5.19. The SMILES string of the molecule is O=C(C1=Cc2cc(F)ccc2OC1)N1CCc2cccc(F)c21. The number of ether oxygens (including phenoxy) is 1. The Kier molecular flexibility index (Phi) is 3.15. The summed E-state index contributed by atoms with van der Waals surface area (Å²) in [5, 5.41) is 0. The van der Waals surface area contributed by atoms with Crippen molar-refractivity contribution in [1.82, 2.24) is 0 Å². The third-order valence-electron chi connectivity index (χ3n) is 4.15. The van der Waals surface area contributed by atoms with Crippen molar-refractivity contribution in [3.63, 3.8) is 0 Å². The summed E-state index contributed by atoms with van der Waals surface area (Å²) in [5.41, 5.74) is 2.07. The molecule has 2 aliphatic rings. The van der Waals surface area contributed by atoms with Crippen molar-refractivity contribution in [2.24, 2.45) is 0 Å². The summed E-state index contributed by atoms with van der Waals surface area (Å²) < 4.78 is 32.9. The molecule has 3 nitrogen and oxygen atoms in total. The molecule has 0 N–H and O–H groups in total. The monoisotopic (exact) mass is 313 g/mol. The first-order valence-corrected chi connectivity index (χ1v) is 7.35. The molecule has 0 fully saturated rings. The minimum Gasteiger partial charge on any atom is -0.488 e. The zero-order valence-corrected chi connectivity index (χ0v) is 12.2. The molecule has 5 heteroatoms. The molecule has 2 heterocycles. The number of hydrogen-bond donors (Lipinski definition) is 0. The van der Waals surface area contributed by atoms with Gasteiger partial charge in [-0.25, -0.2) is 8.78 Å². The van der Waals surface area contributed by atoms with E-state index in [0.29, 0.717) is 35.5 Å². The normalized spacial score (nSPS) is 15.6. The van der Waals surface area contributed by atoms with E-state index in [9.17, 15) is 13.6 Å². The molecule has 0 aromatic heterocycles. The highest BCUT2D eigenvalue weighted by Gasteiger charge is 2.30. The second-order valence-corrected chi connectivity index (χ2v) is 5.59. The van der Waals surface area contributed by atoms with Gasteiger partial charge < -0.3 is 9.64 Å². The average Bonchev–Trinajstić information content (AvgIpc) is 2.99. The van der Waals surface area contributed by atoms with E-state index >= 15 is 0 Å². The number of carbonyl (C=O) groups is 1. The van der Waals surface area contributed by atoms with Crippen LogP contribution >= 0.6 is 0 Å². The second-order valence-electron chi connectivity index (χ2n) is 5.59. The molecule has 0 unspecified atom stereocenters. The summed E-state index contributed by atoms with van der Waals surface area (Å²) in [7, 11) is 0. The minimum absolute atomic E-state index is 0.0950. The molecule has 2 aliphatic heterocycles. The van der Waals surface area contributed by atoms with Crippen LogP contribution in [-0.4, -0.2) is 19.1 Å². The van der Waals surface area contributed by atoms with Gasteiger partial charge in [0.25, 0.3) is 5.91 Å².